The van der Waals surface area contributed by atoms with Crippen LogP contribution in [0.1, 0.15) is 6.42 Å². The monoisotopic (exact) mass is 282 g/mol. The van der Waals surface area contributed by atoms with Crippen LogP contribution in [-0.4, -0.2) is 21.7 Å². The Morgan fingerprint density at radius 3 is 2.74 bits per heavy atom. The third-order valence-electron chi connectivity index (χ3n) is 4.89. The largest absolute Gasteiger partial charge is 0.0943 e. The van der Waals surface area contributed by atoms with Gasteiger partial charge < -0.3 is 0 Å². The lowest BCUT2D eigenvalue weighted by molar-refractivity contribution is 1.03. The molecule has 0 unspecified atom stereocenters. The average molecular weight is 283 g/mol. The van der Waals surface area contributed by atoms with E-state index in [4.69, 9.17) is 0 Å². The van der Waals surface area contributed by atoms with E-state index < -0.39 is 8.07 Å². The minimum atomic E-state index is -1.42. The van der Waals surface area contributed by atoms with Crippen LogP contribution in [0, 0.1) is 0 Å². The average Bonchev–Trinajstić information content (AvgIpc) is 2.59. The van der Waals surface area contributed by atoms with Crippen LogP contribution in [0.25, 0.3) is 0 Å². The molecule has 0 nitrogen and oxygen atoms in total. The van der Waals surface area contributed by atoms with Gasteiger partial charge in [-0.15, -0.1) is 0 Å². The summed E-state index contributed by atoms with van der Waals surface area (Å²) in [5.74, 6) is 0. The summed E-state index contributed by atoms with van der Waals surface area (Å²) in [6, 6.07) is 14.3. The highest BCUT2D eigenvalue weighted by molar-refractivity contribution is 6.98. The molecule has 19 heavy (non-hydrogen) atoms. The molecule has 0 spiro atoms. The summed E-state index contributed by atoms with van der Waals surface area (Å²) in [5.41, 5.74) is 0.751. The first-order valence-corrected chi connectivity index (χ1v) is 12.3. The molecule has 1 heterocycles. The molecule has 0 saturated carbocycles. The van der Waals surface area contributed by atoms with Gasteiger partial charge in [-0.25, -0.2) is 0 Å². The Bertz CT molecular complexity index is 554. The molecule has 3 rings (SSSR count). The molecule has 0 amide bonds. The van der Waals surface area contributed by atoms with Gasteiger partial charge in [0.25, 0.3) is 0 Å². The first-order valence-electron chi connectivity index (χ1n) is 7.32. The van der Waals surface area contributed by atoms with Gasteiger partial charge in [-0.2, -0.15) is 0 Å². The predicted molar refractivity (Wildman–Crippen MR) is 90.6 cm³/mol. The highest BCUT2D eigenvalue weighted by Crippen LogP contribution is 2.35. The van der Waals surface area contributed by atoms with Gasteiger partial charge in [0, 0.05) is 8.41 Å². The van der Waals surface area contributed by atoms with Crippen LogP contribution >= 0.6 is 0 Å². The van der Waals surface area contributed by atoms with E-state index in [2.05, 4.69) is 67.7 Å². The van der Waals surface area contributed by atoms with E-state index in [1.54, 1.807) is 10.4 Å². The van der Waals surface area contributed by atoms with Gasteiger partial charge in [-0.1, -0.05) is 90.6 Å². The highest BCUT2D eigenvalue weighted by Gasteiger charge is 2.40. The van der Waals surface area contributed by atoms with Crippen molar-refractivity contribution in [2.75, 3.05) is 0 Å². The molecule has 0 saturated heterocycles. The molecule has 0 radical (unpaired) electrons. The molecule has 1 aromatic carbocycles. The molecule has 2 atom stereocenters. The quantitative estimate of drug-likeness (QED) is 0.688. The fourth-order valence-electron chi connectivity index (χ4n) is 3.67. The van der Waals surface area contributed by atoms with Crippen LogP contribution in [0.2, 0.25) is 30.7 Å². The maximum absolute atomic E-state index is 2.61. The van der Waals surface area contributed by atoms with Gasteiger partial charge in [0.05, 0.1) is 8.07 Å². The molecule has 2 heteroatoms. The number of fused-ring (bicyclic) bond motifs is 1. The van der Waals surface area contributed by atoms with E-state index >= 15 is 0 Å². The number of rotatable bonds is 1. The fourth-order valence-corrected chi connectivity index (χ4v) is 11.9. The smallest absolute Gasteiger partial charge is 0.0798 e. The number of allylic oxidation sites excluding steroid dienone is 4. The number of hydrogen-bond donors (Lipinski definition) is 0. The van der Waals surface area contributed by atoms with E-state index in [0.29, 0.717) is 0 Å². The Kier molecular flexibility index (Phi) is 3.54. The van der Waals surface area contributed by atoms with Crippen LogP contribution in [-0.2, 0) is 0 Å². The number of hydrogen-bond acceptors (Lipinski definition) is 0. The van der Waals surface area contributed by atoms with Crippen molar-refractivity contribution in [1.82, 2.24) is 0 Å². The maximum Gasteiger partial charge on any atom is 0.0943 e. The van der Waals surface area contributed by atoms with Gasteiger partial charge >= 0.3 is 0 Å². The lowest BCUT2D eigenvalue weighted by Crippen LogP contribution is -2.50. The second kappa shape index (κ2) is 5.18. The zero-order valence-corrected chi connectivity index (χ0v) is 13.9. The van der Waals surface area contributed by atoms with Crippen LogP contribution < -0.4 is 5.19 Å². The SMILES string of the molecule is C[Si]1=C2C=CC=C[C@@H]2[Si@@](C)(c2ccccc2)CCC1. The Morgan fingerprint density at radius 2 is 1.95 bits per heavy atom. The highest BCUT2D eigenvalue weighted by atomic mass is 28.3. The zero-order valence-electron chi connectivity index (χ0n) is 11.9. The van der Waals surface area contributed by atoms with E-state index in [0.717, 1.165) is 5.54 Å². The lowest BCUT2D eigenvalue weighted by atomic mass is 10.2. The first-order chi connectivity index (χ1) is 9.22. The van der Waals surface area contributed by atoms with Crippen molar-refractivity contribution < 1.29 is 0 Å². The Labute approximate surface area is 119 Å². The van der Waals surface area contributed by atoms with Crippen molar-refractivity contribution in [2.45, 2.75) is 37.1 Å². The molecule has 2 aliphatic rings. The van der Waals surface area contributed by atoms with E-state index in [9.17, 15) is 0 Å². The summed E-state index contributed by atoms with van der Waals surface area (Å²) in [6.07, 6.45) is 10.9. The third-order valence-corrected chi connectivity index (χ3v) is 12.7. The van der Waals surface area contributed by atoms with Crippen LogP contribution in [0.3, 0.4) is 0 Å². The van der Waals surface area contributed by atoms with Crippen LogP contribution in [0.4, 0.5) is 0 Å². The number of benzene rings is 1. The molecule has 1 aliphatic carbocycles. The van der Waals surface area contributed by atoms with Crippen LogP contribution in [0.15, 0.2) is 54.6 Å². The van der Waals surface area contributed by atoms with Gasteiger partial charge in [0.15, 0.2) is 0 Å². The molecule has 0 fully saturated rings. The predicted octanol–water partition coefficient (Wildman–Crippen LogP) is 3.75. The van der Waals surface area contributed by atoms with Gasteiger partial charge in [-0.05, 0) is 11.6 Å². The summed E-state index contributed by atoms with van der Waals surface area (Å²) >= 11 is 0. The molecule has 0 bridgehead atoms. The van der Waals surface area contributed by atoms with Crippen molar-refractivity contribution >= 4 is 26.8 Å². The molecule has 1 aliphatic heterocycles. The molecular formula is C17H22Si2. The first kappa shape index (κ1) is 13.0. The third kappa shape index (κ3) is 2.28. The van der Waals surface area contributed by atoms with Crippen molar-refractivity contribution in [3.8, 4) is 0 Å². The second-order valence-corrected chi connectivity index (χ2v) is 13.3. The van der Waals surface area contributed by atoms with E-state index in [1.165, 1.54) is 18.5 Å². The van der Waals surface area contributed by atoms with Gasteiger partial charge in [0.2, 0.25) is 0 Å². The summed E-state index contributed by atoms with van der Waals surface area (Å²) in [6.45, 7) is 5.12. The van der Waals surface area contributed by atoms with Gasteiger partial charge in [-0.3, -0.25) is 0 Å². The molecule has 0 N–H and O–H groups in total. The van der Waals surface area contributed by atoms with Gasteiger partial charge in [0.1, 0.15) is 0 Å². The summed E-state index contributed by atoms with van der Waals surface area (Å²) in [4.78, 5) is 0. The summed E-state index contributed by atoms with van der Waals surface area (Å²) in [7, 11) is -1.71. The Hall–Kier alpha value is -0.996. The Morgan fingerprint density at radius 1 is 1.16 bits per heavy atom. The summed E-state index contributed by atoms with van der Waals surface area (Å²) < 4.78 is 0. The topological polar surface area (TPSA) is 0 Å². The normalized spacial score (nSPS) is 30.1. The molecule has 98 valence electrons. The van der Waals surface area contributed by atoms with Crippen molar-refractivity contribution in [2.24, 2.45) is 0 Å². The molecular weight excluding hydrogens is 260 g/mol. The van der Waals surface area contributed by atoms with Crippen molar-refractivity contribution in [3.63, 3.8) is 0 Å². The lowest BCUT2D eigenvalue weighted by Gasteiger charge is -2.36. The van der Waals surface area contributed by atoms with E-state index in [1.807, 2.05) is 0 Å². The maximum atomic E-state index is 2.61. The second-order valence-electron chi connectivity index (χ2n) is 6.09. The summed E-state index contributed by atoms with van der Waals surface area (Å²) in [5, 5.41) is 3.44. The van der Waals surface area contributed by atoms with Crippen molar-refractivity contribution in [3.05, 3.63) is 54.6 Å². The zero-order chi connectivity index (χ0) is 13.3. The van der Waals surface area contributed by atoms with E-state index in [-0.39, 0.29) is 8.41 Å². The fraction of sp³-hybridized carbons (Fsp3) is 0.353. The minimum absolute atomic E-state index is 0.291. The minimum Gasteiger partial charge on any atom is -0.0798 e. The molecule has 1 aromatic rings. The van der Waals surface area contributed by atoms with Crippen molar-refractivity contribution in [1.29, 1.82) is 0 Å². The molecule has 0 aromatic heterocycles. The standard InChI is InChI=1S/C17H22Si2/c1-18-13-8-14-19(2,15-9-4-3-5-10-15)17-12-7-6-11-16(17)18/h3-7,9-12,17H,8,13-14H2,1-2H3/t17-,19+/m0/s1. The van der Waals surface area contributed by atoms with Crippen LogP contribution in [0.5, 0.6) is 0 Å². The Balaban J connectivity index is 2.11.